The van der Waals surface area contributed by atoms with Gasteiger partial charge in [-0.2, -0.15) is 9.57 Å². The summed E-state index contributed by atoms with van der Waals surface area (Å²) in [5.41, 5.74) is 1.28. The highest BCUT2D eigenvalue weighted by Gasteiger charge is 2.28. The van der Waals surface area contributed by atoms with Gasteiger partial charge in [-0.1, -0.05) is 6.07 Å². The minimum atomic E-state index is -3.09. The Bertz CT molecular complexity index is 590. The molecule has 0 atom stereocenters. The van der Waals surface area contributed by atoms with E-state index in [-0.39, 0.29) is 5.75 Å². The molecule has 1 saturated heterocycles. The van der Waals surface area contributed by atoms with Crippen molar-refractivity contribution in [2.24, 2.45) is 0 Å². The summed E-state index contributed by atoms with van der Waals surface area (Å²) >= 11 is 0. The maximum atomic E-state index is 11.7. The van der Waals surface area contributed by atoms with Crippen LogP contribution in [-0.2, 0) is 16.6 Å². The van der Waals surface area contributed by atoms with Crippen LogP contribution in [0.15, 0.2) is 18.2 Å². The first-order chi connectivity index (χ1) is 8.56. The zero-order chi connectivity index (χ0) is 13.2. The number of methoxy groups -OCH3 is 1. The first kappa shape index (κ1) is 12.9. The predicted octanol–water partition coefficient (Wildman–Crippen LogP) is 1.10. The molecule has 1 aliphatic rings. The van der Waals surface area contributed by atoms with E-state index in [0.717, 1.165) is 5.56 Å². The van der Waals surface area contributed by atoms with Crippen molar-refractivity contribution in [3.05, 3.63) is 29.3 Å². The minimum absolute atomic E-state index is 0.223. The number of hydrogen-bond donors (Lipinski definition) is 0. The number of rotatable bonds is 3. The number of nitrogens with zero attached hydrogens (tertiary/aromatic N) is 2. The number of benzene rings is 1. The number of nitriles is 1. The van der Waals surface area contributed by atoms with Crippen molar-refractivity contribution in [3.63, 3.8) is 0 Å². The van der Waals surface area contributed by atoms with Crippen LogP contribution in [0.5, 0.6) is 5.75 Å². The van der Waals surface area contributed by atoms with Crippen molar-refractivity contribution in [2.45, 2.75) is 13.0 Å². The summed E-state index contributed by atoms with van der Waals surface area (Å²) in [6.07, 6.45) is 0.676. The predicted molar refractivity (Wildman–Crippen MR) is 66.5 cm³/mol. The molecule has 0 saturated carbocycles. The maximum absolute atomic E-state index is 11.7. The third-order valence-corrected chi connectivity index (χ3v) is 4.85. The summed E-state index contributed by atoms with van der Waals surface area (Å²) in [5.74, 6) is 0.701. The Morgan fingerprint density at radius 1 is 1.50 bits per heavy atom. The molecule has 1 aromatic rings. The highest BCUT2D eigenvalue weighted by molar-refractivity contribution is 7.89. The van der Waals surface area contributed by atoms with E-state index in [1.165, 1.54) is 11.4 Å². The van der Waals surface area contributed by atoms with E-state index in [9.17, 15) is 8.42 Å². The third-order valence-electron chi connectivity index (χ3n) is 2.95. The number of hydrogen-bond acceptors (Lipinski definition) is 4. The van der Waals surface area contributed by atoms with Gasteiger partial charge in [0, 0.05) is 13.1 Å². The van der Waals surface area contributed by atoms with Crippen LogP contribution in [0.3, 0.4) is 0 Å². The molecule has 0 N–H and O–H groups in total. The molecular weight excluding hydrogens is 252 g/mol. The second-order valence-electron chi connectivity index (χ2n) is 4.15. The van der Waals surface area contributed by atoms with Crippen molar-refractivity contribution < 1.29 is 13.2 Å². The lowest BCUT2D eigenvalue weighted by Crippen LogP contribution is -2.25. The van der Waals surface area contributed by atoms with Crippen LogP contribution in [0.4, 0.5) is 0 Å². The first-order valence-corrected chi connectivity index (χ1v) is 7.22. The number of ether oxygens (including phenoxy) is 1. The van der Waals surface area contributed by atoms with Crippen molar-refractivity contribution in [2.75, 3.05) is 19.4 Å². The molecule has 96 valence electrons. The Morgan fingerprint density at radius 3 is 2.83 bits per heavy atom. The molecule has 0 bridgehead atoms. The maximum Gasteiger partial charge on any atom is 0.214 e. The molecule has 0 spiro atoms. The van der Waals surface area contributed by atoms with E-state index >= 15 is 0 Å². The van der Waals surface area contributed by atoms with Gasteiger partial charge in [-0.3, -0.25) is 0 Å². The summed E-state index contributed by atoms with van der Waals surface area (Å²) in [7, 11) is -1.60. The van der Waals surface area contributed by atoms with E-state index < -0.39 is 10.0 Å². The summed E-state index contributed by atoms with van der Waals surface area (Å²) in [4.78, 5) is 0. The molecule has 1 heterocycles. The fraction of sp³-hybridized carbons (Fsp3) is 0.417. The topological polar surface area (TPSA) is 70.4 Å². The minimum Gasteiger partial charge on any atom is -0.495 e. The summed E-state index contributed by atoms with van der Waals surface area (Å²) < 4.78 is 29.9. The van der Waals surface area contributed by atoms with Gasteiger partial charge in [0.25, 0.3) is 0 Å². The van der Waals surface area contributed by atoms with Gasteiger partial charge in [0.1, 0.15) is 11.8 Å². The molecule has 5 nitrogen and oxygen atoms in total. The van der Waals surface area contributed by atoms with Gasteiger partial charge in [0.05, 0.1) is 18.4 Å². The van der Waals surface area contributed by atoms with Gasteiger partial charge in [-0.25, -0.2) is 8.42 Å². The Balaban J connectivity index is 2.23. The van der Waals surface area contributed by atoms with Crippen molar-refractivity contribution in [3.8, 4) is 11.8 Å². The molecular formula is C12H14N2O3S. The van der Waals surface area contributed by atoms with E-state index in [1.54, 1.807) is 18.2 Å². The fourth-order valence-electron chi connectivity index (χ4n) is 2.00. The third kappa shape index (κ3) is 2.47. The van der Waals surface area contributed by atoms with Crippen LogP contribution in [0.25, 0.3) is 0 Å². The fourth-order valence-corrected chi connectivity index (χ4v) is 3.50. The second kappa shape index (κ2) is 4.96. The summed E-state index contributed by atoms with van der Waals surface area (Å²) in [6, 6.07) is 7.15. The lowest BCUT2D eigenvalue weighted by atomic mass is 10.1. The smallest absolute Gasteiger partial charge is 0.214 e. The molecule has 1 aromatic carbocycles. The molecule has 18 heavy (non-hydrogen) atoms. The second-order valence-corrected chi connectivity index (χ2v) is 6.24. The zero-order valence-corrected chi connectivity index (χ0v) is 10.9. The highest BCUT2D eigenvalue weighted by atomic mass is 32.2. The Labute approximate surface area is 107 Å². The van der Waals surface area contributed by atoms with Crippen LogP contribution >= 0.6 is 0 Å². The Kier molecular flexibility index (Phi) is 3.55. The average Bonchev–Trinajstić information content (AvgIpc) is 2.68. The highest BCUT2D eigenvalue weighted by Crippen LogP contribution is 2.22. The molecule has 1 fully saturated rings. The van der Waals surface area contributed by atoms with E-state index in [4.69, 9.17) is 10.00 Å². The lowest BCUT2D eigenvalue weighted by Gasteiger charge is -2.15. The van der Waals surface area contributed by atoms with Gasteiger partial charge >= 0.3 is 0 Å². The van der Waals surface area contributed by atoms with E-state index in [0.29, 0.717) is 30.8 Å². The van der Waals surface area contributed by atoms with Crippen LogP contribution < -0.4 is 4.74 Å². The Hall–Kier alpha value is -1.58. The molecule has 2 rings (SSSR count). The largest absolute Gasteiger partial charge is 0.495 e. The van der Waals surface area contributed by atoms with Gasteiger partial charge in [-0.05, 0) is 24.1 Å². The molecule has 0 aliphatic carbocycles. The van der Waals surface area contributed by atoms with Crippen molar-refractivity contribution >= 4 is 10.0 Å². The van der Waals surface area contributed by atoms with Crippen molar-refractivity contribution in [1.82, 2.24) is 4.31 Å². The first-order valence-electron chi connectivity index (χ1n) is 5.61. The van der Waals surface area contributed by atoms with Gasteiger partial charge < -0.3 is 4.74 Å². The molecule has 0 aromatic heterocycles. The van der Waals surface area contributed by atoms with Gasteiger partial charge in [0.2, 0.25) is 10.0 Å². The summed E-state index contributed by atoms with van der Waals surface area (Å²) in [6.45, 7) is 0.898. The van der Waals surface area contributed by atoms with Gasteiger partial charge in [0.15, 0.2) is 0 Å². The van der Waals surface area contributed by atoms with E-state index in [1.807, 2.05) is 6.07 Å². The van der Waals surface area contributed by atoms with E-state index in [2.05, 4.69) is 0 Å². The van der Waals surface area contributed by atoms with Crippen LogP contribution in [0, 0.1) is 11.3 Å². The summed E-state index contributed by atoms with van der Waals surface area (Å²) in [5, 5.41) is 8.87. The molecule has 0 radical (unpaired) electrons. The normalized spacial score (nSPS) is 18.4. The SMILES string of the molecule is COc1cc(CN2CCCS2(=O)=O)ccc1C#N. The molecule has 0 unspecified atom stereocenters. The average molecular weight is 266 g/mol. The van der Waals surface area contributed by atoms with Crippen LogP contribution in [0.2, 0.25) is 0 Å². The molecule has 6 heteroatoms. The molecule has 0 amide bonds. The number of sulfonamides is 1. The van der Waals surface area contributed by atoms with Crippen molar-refractivity contribution in [1.29, 1.82) is 5.26 Å². The lowest BCUT2D eigenvalue weighted by molar-refractivity contribution is 0.409. The van der Waals surface area contributed by atoms with Crippen LogP contribution in [-0.4, -0.2) is 32.1 Å². The van der Waals surface area contributed by atoms with Gasteiger partial charge in [-0.15, -0.1) is 0 Å². The quantitative estimate of drug-likeness (QED) is 0.821. The Morgan fingerprint density at radius 2 is 2.28 bits per heavy atom. The zero-order valence-electron chi connectivity index (χ0n) is 10.1. The standard InChI is InChI=1S/C12H14N2O3S/c1-17-12-7-10(3-4-11(12)8-13)9-14-5-2-6-18(14,15)16/h3-4,7H,2,5-6,9H2,1H3. The van der Waals surface area contributed by atoms with Crippen LogP contribution in [0.1, 0.15) is 17.5 Å². The molecule has 1 aliphatic heterocycles. The monoisotopic (exact) mass is 266 g/mol.